The molecular weight excluding hydrogens is 592 g/mol. The second kappa shape index (κ2) is 26.3. The molecule has 5 atom stereocenters. The average Bonchev–Trinajstić information content (AvgIpc) is 3.35. The van der Waals surface area contributed by atoms with Crippen molar-refractivity contribution in [3.63, 3.8) is 0 Å². The number of ether oxygens (including phenoxy) is 3. The number of carbonyl (C=O) groups excluding carboxylic acids is 2. The normalized spacial score (nSPS) is 20.2. The van der Waals surface area contributed by atoms with Crippen molar-refractivity contribution in [3.8, 4) is 5.75 Å². The molecule has 7 heteroatoms. The van der Waals surface area contributed by atoms with Gasteiger partial charge in [0.2, 0.25) is 0 Å². The van der Waals surface area contributed by atoms with Crippen LogP contribution in [0.4, 0.5) is 0 Å². The lowest BCUT2D eigenvalue weighted by Crippen LogP contribution is -2.27. The van der Waals surface area contributed by atoms with E-state index in [9.17, 15) is 19.8 Å². The number of hydrogen-bond acceptors (Lipinski definition) is 7. The van der Waals surface area contributed by atoms with Gasteiger partial charge in [-0.25, -0.2) is 0 Å². The van der Waals surface area contributed by atoms with Gasteiger partial charge in [-0.15, -0.1) is 0 Å². The Morgan fingerprint density at radius 2 is 1.49 bits per heavy atom. The van der Waals surface area contributed by atoms with Crippen LogP contribution in [0.5, 0.6) is 5.75 Å². The number of benzene rings is 1. The molecule has 1 aromatic rings. The number of carbonyl (C=O) groups is 2. The molecule has 1 saturated carbocycles. The molecule has 0 aromatic heterocycles. The Bertz CT molecular complexity index is 992. The average molecular weight is 657 g/mol. The molecule has 1 aliphatic rings. The van der Waals surface area contributed by atoms with Gasteiger partial charge in [0.05, 0.1) is 18.8 Å². The third kappa shape index (κ3) is 19.7. The summed E-state index contributed by atoms with van der Waals surface area (Å²) >= 11 is 0. The van der Waals surface area contributed by atoms with E-state index in [0.29, 0.717) is 44.5 Å². The fraction of sp³-hybridized carbons (Fsp3) is 0.700. The summed E-state index contributed by atoms with van der Waals surface area (Å²) in [6, 6.07) is 9.38. The number of allylic oxidation sites excluding steroid dienone is 4. The van der Waals surface area contributed by atoms with Gasteiger partial charge in [-0.3, -0.25) is 9.59 Å². The van der Waals surface area contributed by atoms with Gasteiger partial charge in [0.15, 0.2) is 0 Å². The molecule has 0 heterocycles. The SMILES string of the molecule is CCCCCC/C=C/CCCCCCCCOC(=O)CCC/C=C\C[C@@H]1[C@@H](CC[C@@H](O)COc2ccccc2)[C@H](O)C[C@@H]1OC(C)=O. The molecule has 0 spiro atoms. The van der Waals surface area contributed by atoms with E-state index in [1.165, 1.54) is 71.1 Å². The summed E-state index contributed by atoms with van der Waals surface area (Å²) in [5.41, 5.74) is 0. The predicted molar refractivity (Wildman–Crippen MR) is 189 cm³/mol. The second-order valence-electron chi connectivity index (χ2n) is 13.2. The Morgan fingerprint density at radius 1 is 0.851 bits per heavy atom. The van der Waals surface area contributed by atoms with Gasteiger partial charge in [0.25, 0.3) is 0 Å². The zero-order valence-corrected chi connectivity index (χ0v) is 29.4. The van der Waals surface area contributed by atoms with Gasteiger partial charge < -0.3 is 24.4 Å². The van der Waals surface area contributed by atoms with Crippen LogP contribution in [0.1, 0.15) is 136 Å². The first kappa shape index (κ1) is 40.5. The van der Waals surface area contributed by atoms with E-state index in [2.05, 4.69) is 31.2 Å². The molecule has 47 heavy (non-hydrogen) atoms. The van der Waals surface area contributed by atoms with Gasteiger partial charge in [0, 0.05) is 25.7 Å². The Morgan fingerprint density at radius 3 is 2.19 bits per heavy atom. The van der Waals surface area contributed by atoms with Crippen LogP contribution in [0.2, 0.25) is 0 Å². The number of aliphatic hydroxyl groups is 2. The lowest BCUT2D eigenvalue weighted by atomic mass is 9.86. The first-order valence-corrected chi connectivity index (χ1v) is 18.6. The van der Waals surface area contributed by atoms with Crippen molar-refractivity contribution in [2.45, 2.75) is 154 Å². The third-order valence-corrected chi connectivity index (χ3v) is 9.08. The van der Waals surface area contributed by atoms with Crippen molar-refractivity contribution in [1.82, 2.24) is 0 Å². The highest BCUT2D eigenvalue weighted by Crippen LogP contribution is 2.40. The van der Waals surface area contributed by atoms with Gasteiger partial charge in [0.1, 0.15) is 18.5 Å². The molecule has 0 aliphatic heterocycles. The molecule has 7 nitrogen and oxygen atoms in total. The van der Waals surface area contributed by atoms with Gasteiger partial charge in [-0.2, -0.15) is 0 Å². The van der Waals surface area contributed by atoms with E-state index in [1.54, 1.807) is 0 Å². The summed E-state index contributed by atoms with van der Waals surface area (Å²) in [6.45, 7) is 4.34. The molecule has 2 rings (SSSR count). The fourth-order valence-corrected chi connectivity index (χ4v) is 6.40. The first-order chi connectivity index (χ1) is 22.9. The maximum Gasteiger partial charge on any atom is 0.305 e. The lowest BCUT2D eigenvalue weighted by Gasteiger charge is -2.25. The van der Waals surface area contributed by atoms with Gasteiger partial charge in [-0.05, 0) is 82.3 Å². The number of para-hydroxylation sites is 1. The Hall–Kier alpha value is -2.64. The van der Waals surface area contributed by atoms with Crippen molar-refractivity contribution in [2.24, 2.45) is 11.8 Å². The summed E-state index contributed by atoms with van der Waals surface area (Å²) in [4.78, 5) is 23.9. The lowest BCUT2D eigenvalue weighted by molar-refractivity contribution is -0.148. The third-order valence-electron chi connectivity index (χ3n) is 9.08. The summed E-state index contributed by atoms with van der Waals surface area (Å²) in [5, 5.41) is 21.3. The number of hydrogen-bond donors (Lipinski definition) is 2. The van der Waals surface area contributed by atoms with Crippen LogP contribution in [0, 0.1) is 11.8 Å². The minimum absolute atomic E-state index is 0.0284. The summed E-state index contributed by atoms with van der Waals surface area (Å²) < 4.78 is 16.7. The summed E-state index contributed by atoms with van der Waals surface area (Å²) in [7, 11) is 0. The van der Waals surface area contributed by atoms with E-state index in [-0.39, 0.29) is 36.5 Å². The maximum absolute atomic E-state index is 12.1. The molecule has 0 radical (unpaired) electrons. The fourth-order valence-electron chi connectivity index (χ4n) is 6.40. The van der Waals surface area contributed by atoms with Crippen LogP contribution >= 0.6 is 0 Å². The standard InChI is InChI=1S/C40H64O7/c1-3-4-5-6-7-8-9-10-11-12-13-14-17-23-30-45-40(44)27-22-16-15-21-26-37-36(38(43)31-39(37)47-33(2)41)29-28-34(42)32-46-35-24-19-18-20-25-35/h8-9,15,18-21,24-25,34,36-39,42-43H,3-7,10-14,16-17,22-23,26-32H2,1-2H3/b9-8+,21-15-/t34-,36-,37-,38-,39+/m1/s1. The predicted octanol–water partition coefficient (Wildman–Crippen LogP) is 9.05. The quantitative estimate of drug-likeness (QED) is 0.0553. The monoisotopic (exact) mass is 656 g/mol. The molecule has 0 saturated heterocycles. The van der Waals surface area contributed by atoms with Gasteiger partial charge >= 0.3 is 11.9 Å². The van der Waals surface area contributed by atoms with E-state index in [1.807, 2.05) is 30.3 Å². The number of aliphatic hydroxyl groups excluding tert-OH is 2. The zero-order chi connectivity index (χ0) is 34.0. The van der Waals surface area contributed by atoms with E-state index < -0.39 is 12.2 Å². The van der Waals surface area contributed by atoms with Crippen molar-refractivity contribution >= 4 is 11.9 Å². The summed E-state index contributed by atoms with van der Waals surface area (Å²) in [6.07, 6.45) is 26.0. The first-order valence-electron chi connectivity index (χ1n) is 18.6. The molecule has 1 aliphatic carbocycles. The molecule has 0 unspecified atom stereocenters. The molecular formula is C40H64O7. The Balaban J connectivity index is 1.55. The minimum atomic E-state index is -0.654. The highest BCUT2D eigenvalue weighted by atomic mass is 16.5. The zero-order valence-electron chi connectivity index (χ0n) is 29.4. The molecule has 2 N–H and O–H groups in total. The maximum atomic E-state index is 12.1. The van der Waals surface area contributed by atoms with Crippen LogP contribution in [0.25, 0.3) is 0 Å². The molecule has 1 aromatic carbocycles. The second-order valence-corrected chi connectivity index (χ2v) is 13.2. The molecule has 0 bridgehead atoms. The van der Waals surface area contributed by atoms with Crippen molar-refractivity contribution in [3.05, 3.63) is 54.6 Å². The topological polar surface area (TPSA) is 102 Å². The van der Waals surface area contributed by atoms with E-state index in [4.69, 9.17) is 14.2 Å². The Kier molecular flexibility index (Phi) is 22.7. The highest BCUT2D eigenvalue weighted by molar-refractivity contribution is 5.69. The number of unbranched alkanes of at least 4 members (excludes halogenated alkanes) is 11. The van der Waals surface area contributed by atoms with Crippen LogP contribution < -0.4 is 4.74 Å². The Labute approximate surface area is 285 Å². The van der Waals surface area contributed by atoms with E-state index >= 15 is 0 Å². The van der Waals surface area contributed by atoms with Crippen LogP contribution in [0.15, 0.2) is 54.6 Å². The van der Waals surface area contributed by atoms with E-state index in [0.717, 1.165) is 25.7 Å². The number of rotatable bonds is 27. The highest BCUT2D eigenvalue weighted by Gasteiger charge is 2.43. The largest absolute Gasteiger partial charge is 0.491 e. The molecule has 0 amide bonds. The van der Waals surface area contributed by atoms with Crippen LogP contribution in [-0.4, -0.2) is 53.7 Å². The van der Waals surface area contributed by atoms with Crippen molar-refractivity contribution in [1.29, 1.82) is 0 Å². The van der Waals surface area contributed by atoms with Crippen LogP contribution in [0.3, 0.4) is 0 Å². The smallest absolute Gasteiger partial charge is 0.305 e. The van der Waals surface area contributed by atoms with Gasteiger partial charge in [-0.1, -0.05) is 94.4 Å². The minimum Gasteiger partial charge on any atom is -0.491 e. The van der Waals surface area contributed by atoms with Crippen LogP contribution in [-0.2, 0) is 19.1 Å². The molecule has 1 fully saturated rings. The molecule has 266 valence electrons. The number of esters is 2. The van der Waals surface area contributed by atoms with Crippen molar-refractivity contribution in [2.75, 3.05) is 13.2 Å². The summed E-state index contributed by atoms with van der Waals surface area (Å²) in [5.74, 6) is 0.112. The van der Waals surface area contributed by atoms with Crippen molar-refractivity contribution < 1.29 is 34.0 Å².